The van der Waals surface area contributed by atoms with Crippen molar-refractivity contribution in [3.05, 3.63) is 29.3 Å². The second kappa shape index (κ2) is 5.89. The normalized spacial score (nSPS) is 15.8. The highest BCUT2D eigenvalue weighted by Crippen LogP contribution is 2.26. The van der Waals surface area contributed by atoms with E-state index in [9.17, 15) is 4.79 Å². The fourth-order valence-electron chi connectivity index (χ4n) is 2.44. The predicted molar refractivity (Wildman–Crippen MR) is 70.0 cm³/mol. The Morgan fingerprint density at radius 1 is 1.33 bits per heavy atom. The highest BCUT2D eigenvalue weighted by molar-refractivity contribution is 5.67. The lowest BCUT2D eigenvalue weighted by molar-refractivity contribution is -0.138. The average molecular weight is 248 g/mol. The van der Waals surface area contributed by atoms with Crippen molar-refractivity contribution < 1.29 is 14.6 Å². The highest BCUT2D eigenvalue weighted by atomic mass is 16.5. The monoisotopic (exact) mass is 248 g/mol. The second-order valence-electron chi connectivity index (χ2n) is 4.88. The lowest BCUT2D eigenvalue weighted by atomic mass is 9.92. The minimum Gasteiger partial charge on any atom is -0.490 e. The molecule has 1 aliphatic carbocycles. The number of rotatable bonds is 5. The summed E-state index contributed by atoms with van der Waals surface area (Å²) < 4.78 is 5.76. The maximum Gasteiger partial charge on any atom is 0.307 e. The van der Waals surface area contributed by atoms with Crippen LogP contribution in [0.1, 0.15) is 43.7 Å². The number of aliphatic carboxylic acids is 1. The predicted octanol–water partition coefficient (Wildman–Crippen LogP) is 3.20. The van der Waals surface area contributed by atoms with E-state index in [1.54, 1.807) is 0 Å². The van der Waals surface area contributed by atoms with E-state index in [0.29, 0.717) is 6.42 Å². The molecule has 0 amide bonds. The van der Waals surface area contributed by atoms with E-state index < -0.39 is 5.97 Å². The van der Waals surface area contributed by atoms with Gasteiger partial charge in [-0.2, -0.15) is 0 Å². The van der Waals surface area contributed by atoms with Gasteiger partial charge in [-0.3, -0.25) is 4.79 Å². The molecule has 18 heavy (non-hydrogen) atoms. The Morgan fingerprint density at radius 2 is 2.06 bits per heavy atom. The Balaban J connectivity index is 2.06. The van der Waals surface area contributed by atoms with Gasteiger partial charge in [0.25, 0.3) is 0 Å². The third kappa shape index (κ3) is 3.25. The van der Waals surface area contributed by atoms with Gasteiger partial charge in [-0.05, 0) is 55.4 Å². The highest BCUT2D eigenvalue weighted by Gasteiger charge is 2.15. The Hall–Kier alpha value is -1.51. The van der Waals surface area contributed by atoms with Crippen LogP contribution < -0.4 is 4.74 Å². The maximum atomic E-state index is 10.7. The third-order valence-corrected chi connectivity index (χ3v) is 3.48. The lowest BCUT2D eigenvalue weighted by Gasteiger charge is -2.19. The van der Waals surface area contributed by atoms with Crippen LogP contribution >= 0.6 is 0 Å². The summed E-state index contributed by atoms with van der Waals surface area (Å²) in [6.07, 6.45) is 5.32. The smallest absolute Gasteiger partial charge is 0.307 e. The van der Waals surface area contributed by atoms with Crippen molar-refractivity contribution in [1.82, 2.24) is 0 Å². The number of carboxylic acid groups (broad SMARTS) is 1. The van der Waals surface area contributed by atoms with Crippen LogP contribution in [0.4, 0.5) is 0 Å². The number of carbonyl (C=O) groups is 1. The topological polar surface area (TPSA) is 46.5 Å². The summed E-state index contributed by atoms with van der Waals surface area (Å²) in [7, 11) is 0. The summed E-state index contributed by atoms with van der Waals surface area (Å²) in [5.41, 5.74) is 2.78. The van der Waals surface area contributed by atoms with Gasteiger partial charge in [-0.25, -0.2) is 0 Å². The molecule has 1 atom stereocenters. The van der Waals surface area contributed by atoms with Crippen LogP contribution in [0.15, 0.2) is 18.2 Å². The standard InChI is InChI=1S/C15H20O3/c1-2-13(10-15(16)17)18-14-8-7-11-5-3-4-6-12(11)9-14/h7-9,13H,2-6,10H2,1H3,(H,16,17). The molecule has 1 N–H and O–H groups in total. The van der Waals surface area contributed by atoms with Crippen molar-refractivity contribution in [2.24, 2.45) is 0 Å². The molecule has 98 valence electrons. The average Bonchev–Trinajstić information content (AvgIpc) is 2.37. The van der Waals surface area contributed by atoms with Crippen LogP contribution in [0.5, 0.6) is 5.75 Å². The lowest BCUT2D eigenvalue weighted by Crippen LogP contribution is -2.19. The van der Waals surface area contributed by atoms with Crippen molar-refractivity contribution in [1.29, 1.82) is 0 Å². The molecule has 1 aromatic rings. The molecule has 1 aliphatic rings. The Bertz CT molecular complexity index is 426. The van der Waals surface area contributed by atoms with Crippen LogP contribution in [0.25, 0.3) is 0 Å². The largest absolute Gasteiger partial charge is 0.490 e. The first-order valence-corrected chi connectivity index (χ1v) is 6.69. The Kier molecular flexibility index (Phi) is 4.24. The molecule has 0 bridgehead atoms. The second-order valence-corrected chi connectivity index (χ2v) is 4.88. The van der Waals surface area contributed by atoms with Crippen molar-refractivity contribution in [3.8, 4) is 5.75 Å². The maximum absolute atomic E-state index is 10.7. The van der Waals surface area contributed by atoms with E-state index >= 15 is 0 Å². The quantitative estimate of drug-likeness (QED) is 0.870. The summed E-state index contributed by atoms with van der Waals surface area (Å²) in [6, 6.07) is 6.17. The summed E-state index contributed by atoms with van der Waals surface area (Å²) in [5.74, 6) is 0.00330. The Morgan fingerprint density at radius 3 is 2.72 bits per heavy atom. The van der Waals surface area contributed by atoms with Crippen molar-refractivity contribution in [3.63, 3.8) is 0 Å². The molecular formula is C15H20O3. The van der Waals surface area contributed by atoms with Gasteiger partial charge >= 0.3 is 5.97 Å². The van der Waals surface area contributed by atoms with Gasteiger partial charge in [-0.1, -0.05) is 13.0 Å². The number of ether oxygens (including phenoxy) is 1. The molecule has 1 unspecified atom stereocenters. The molecule has 0 spiro atoms. The zero-order valence-corrected chi connectivity index (χ0v) is 10.8. The number of hydrogen-bond donors (Lipinski definition) is 1. The molecule has 0 heterocycles. The van der Waals surface area contributed by atoms with Gasteiger partial charge in [-0.15, -0.1) is 0 Å². The van der Waals surface area contributed by atoms with Crippen LogP contribution in [0.3, 0.4) is 0 Å². The molecule has 0 radical (unpaired) electrons. The molecule has 3 nitrogen and oxygen atoms in total. The number of hydrogen-bond acceptors (Lipinski definition) is 2. The summed E-state index contributed by atoms with van der Waals surface area (Å²) in [6.45, 7) is 1.95. The van der Waals surface area contributed by atoms with Crippen LogP contribution in [-0.2, 0) is 17.6 Å². The SMILES string of the molecule is CCC(CC(=O)O)Oc1ccc2c(c1)CCCC2. The molecule has 0 aromatic heterocycles. The van der Waals surface area contributed by atoms with Crippen molar-refractivity contribution >= 4 is 5.97 Å². The number of aryl methyl sites for hydroxylation is 2. The molecular weight excluding hydrogens is 228 g/mol. The first-order valence-electron chi connectivity index (χ1n) is 6.69. The summed E-state index contributed by atoms with van der Waals surface area (Å²) in [5, 5.41) is 8.81. The van der Waals surface area contributed by atoms with Gasteiger partial charge in [0.2, 0.25) is 0 Å². The fraction of sp³-hybridized carbons (Fsp3) is 0.533. The minimum absolute atomic E-state index is 0.0631. The third-order valence-electron chi connectivity index (χ3n) is 3.48. The molecule has 0 saturated carbocycles. The van der Waals surface area contributed by atoms with Crippen LogP contribution in [0, 0.1) is 0 Å². The van der Waals surface area contributed by atoms with E-state index in [0.717, 1.165) is 18.6 Å². The first kappa shape index (κ1) is 12.9. The first-order chi connectivity index (χ1) is 8.69. The van der Waals surface area contributed by atoms with E-state index in [1.807, 2.05) is 13.0 Å². The molecule has 1 aromatic carbocycles. The Labute approximate surface area is 108 Å². The zero-order chi connectivity index (χ0) is 13.0. The summed E-state index contributed by atoms with van der Waals surface area (Å²) >= 11 is 0. The molecule has 0 saturated heterocycles. The number of carboxylic acids is 1. The summed E-state index contributed by atoms with van der Waals surface area (Å²) in [4.78, 5) is 10.7. The van der Waals surface area contributed by atoms with Gasteiger partial charge in [0.05, 0.1) is 6.42 Å². The molecule has 0 aliphatic heterocycles. The number of fused-ring (bicyclic) bond motifs is 1. The van der Waals surface area contributed by atoms with Gasteiger partial charge in [0.1, 0.15) is 11.9 Å². The minimum atomic E-state index is -0.806. The van der Waals surface area contributed by atoms with E-state index in [2.05, 4.69) is 12.1 Å². The van der Waals surface area contributed by atoms with Crippen molar-refractivity contribution in [2.75, 3.05) is 0 Å². The number of benzene rings is 1. The van der Waals surface area contributed by atoms with Crippen molar-refractivity contribution in [2.45, 2.75) is 51.6 Å². The molecule has 0 fully saturated rings. The van der Waals surface area contributed by atoms with Gasteiger partial charge in [0, 0.05) is 0 Å². The molecule has 2 rings (SSSR count). The van der Waals surface area contributed by atoms with Crippen LogP contribution in [-0.4, -0.2) is 17.2 Å². The van der Waals surface area contributed by atoms with Crippen LogP contribution in [0.2, 0.25) is 0 Å². The van der Waals surface area contributed by atoms with Gasteiger partial charge in [0.15, 0.2) is 0 Å². The van der Waals surface area contributed by atoms with Gasteiger partial charge < -0.3 is 9.84 Å². The van der Waals surface area contributed by atoms with E-state index in [4.69, 9.17) is 9.84 Å². The fourth-order valence-corrected chi connectivity index (χ4v) is 2.44. The van der Waals surface area contributed by atoms with E-state index in [1.165, 1.54) is 24.0 Å². The van der Waals surface area contributed by atoms with E-state index in [-0.39, 0.29) is 12.5 Å². The zero-order valence-electron chi connectivity index (χ0n) is 10.8. The molecule has 3 heteroatoms.